The SMILES string of the molecule is C[C@H](COC1CCCCO1)n1ccc2c(Cl)ncnc21. The Balaban J connectivity index is 1.69. The maximum absolute atomic E-state index is 6.06. The topological polar surface area (TPSA) is 49.2 Å². The van der Waals surface area contributed by atoms with Crippen LogP contribution in [0.1, 0.15) is 32.2 Å². The van der Waals surface area contributed by atoms with E-state index in [2.05, 4.69) is 21.5 Å². The first-order chi connectivity index (χ1) is 9.75. The van der Waals surface area contributed by atoms with Crippen molar-refractivity contribution in [2.45, 2.75) is 38.5 Å². The monoisotopic (exact) mass is 295 g/mol. The summed E-state index contributed by atoms with van der Waals surface area (Å²) < 4.78 is 13.5. The first-order valence-electron chi connectivity index (χ1n) is 6.96. The maximum Gasteiger partial charge on any atom is 0.157 e. The summed E-state index contributed by atoms with van der Waals surface area (Å²) in [6, 6.07) is 2.11. The lowest BCUT2D eigenvalue weighted by Crippen LogP contribution is -2.25. The highest BCUT2D eigenvalue weighted by atomic mass is 35.5. The van der Waals surface area contributed by atoms with Crippen molar-refractivity contribution in [3.63, 3.8) is 0 Å². The molecule has 1 fully saturated rings. The maximum atomic E-state index is 6.06. The summed E-state index contributed by atoms with van der Waals surface area (Å²) in [5, 5.41) is 1.35. The van der Waals surface area contributed by atoms with Crippen LogP contribution in [-0.2, 0) is 9.47 Å². The minimum Gasteiger partial charge on any atom is -0.353 e. The Hall–Kier alpha value is -1.17. The number of hydrogen-bond donors (Lipinski definition) is 0. The van der Waals surface area contributed by atoms with Gasteiger partial charge in [0.1, 0.15) is 17.1 Å². The quantitative estimate of drug-likeness (QED) is 0.813. The molecule has 2 atom stereocenters. The van der Waals surface area contributed by atoms with E-state index in [4.69, 9.17) is 21.1 Å². The Morgan fingerprint density at radius 2 is 2.40 bits per heavy atom. The van der Waals surface area contributed by atoms with Gasteiger partial charge in [0.05, 0.1) is 18.0 Å². The lowest BCUT2D eigenvalue weighted by Gasteiger charge is -2.24. The minimum absolute atomic E-state index is 0.0637. The summed E-state index contributed by atoms with van der Waals surface area (Å²) in [7, 11) is 0. The molecule has 0 aliphatic carbocycles. The van der Waals surface area contributed by atoms with Gasteiger partial charge in [-0.1, -0.05) is 11.6 Å². The van der Waals surface area contributed by atoms with Crippen molar-refractivity contribution in [1.82, 2.24) is 14.5 Å². The molecule has 0 amide bonds. The van der Waals surface area contributed by atoms with Gasteiger partial charge in [-0.15, -0.1) is 0 Å². The molecule has 0 N–H and O–H groups in total. The van der Waals surface area contributed by atoms with E-state index in [0.29, 0.717) is 11.8 Å². The molecule has 0 spiro atoms. The van der Waals surface area contributed by atoms with Gasteiger partial charge in [-0.3, -0.25) is 0 Å². The van der Waals surface area contributed by atoms with Crippen molar-refractivity contribution in [3.05, 3.63) is 23.7 Å². The number of halogens is 1. The highest BCUT2D eigenvalue weighted by Crippen LogP contribution is 2.24. The Kier molecular flexibility index (Phi) is 4.19. The van der Waals surface area contributed by atoms with Crippen LogP contribution in [0, 0.1) is 0 Å². The molecule has 108 valence electrons. The van der Waals surface area contributed by atoms with Gasteiger partial charge in [0.15, 0.2) is 6.29 Å². The molecule has 1 unspecified atom stereocenters. The molecular weight excluding hydrogens is 278 g/mol. The average Bonchev–Trinajstić information content (AvgIpc) is 2.91. The lowest BCUT2D eigenvalue weighted by molar-refractivity contribution is -0.166. The number of nitrogens with zero attached hydrogens (tertiary/aromatic N) is 3. The molecule has 2 aromatic heterocycles. The third-order valence-corrected chi connectivity index (χ3v) is 3.90. The molecule has 0 saturated carbocycles. The van der Waals surface area contributed by atoms with Gasteiger partial charge in [0.2, 0.25) is 0 Å². The number of rotatable bonds is 4. The van der Waals surface area contributed by atoms with Crippen LogP contribution in [0.25, 0.3) is 11.0 Å². The summed E-state index contributed by atoms with van der Waals surface area (Å²) in [4.78, 5) is 8.29. The Bertz CT molecular complexity index is 581. The molecular formula is C14H18ClN3O2. The highest BCUT2D eigenvalue weighted by molar-refractivity contribution is 6.33. The zero-order valence-corrected chi connectivity index (χ0v) is 12.2. The normalized spacial score (nSPS) is 21.2. The molecule has 1 aliphatic heterocycles. The van der Waals surface area contributed by atoms with Crippen molar-refractivity contribution in [3.8, 4) is 0 Å². The van der Waals surface area contributed by atoms with E-state index in [1.807, 2.05) is 12.3 Å². The van der Waals surface area contributed by atoms with E-state index < -0.39 is 0 Å². The second-order valence-electron chi connectivity index (χ2n) is 5.10. The predicted octanol–water partition coefficient (Wildman–Crippen LogP) is 3.19. The molecule has 1 aliphatic rings. The summed E-state index contributed by atoms with van der Waals surface area (Å²) in [6.07, 6.45) is 6.68. The zero-order valence-electron chi connectivity index (χ0n) is 11.5. The standard InChI is InChI=1S/C14H18ClN3O2/c1-10(8-20-12-4-2-3-7-19-12)18-6-5-11-13(15)16-9-17-14(11)18/h5-6,9-10,12H,2-4,7-8H2,1H3/t10-,12?/m1/s1. The fourth-order valence-electron chi connectivity index (χ4n) is 2.47. The fourth-order valence-corrected chi connectivity index (χ4v) is 2.66. The first kappa shape index (κ1) is 13.8. The van der Waals surface area contributed by atoms with Crippen molar-refractivity contribution in [1.29, 1.82) is 0 Å². The fraction of sp³-hybridized carbons (Fsp3) is 0.571. The summed E-state index contributed by atoms with van der Waals surface area (Å²) in [5.41, 5.74) is 0.839. The molecule has 0 bridgehead atoms. The number of fused-ring (bicyclic) bond motifs is 1. The van der Waals surface area contributed by atoms with Crippen LogP contribution >= 0.6 is 11.6 Å². The van der Waals surface area contributed by atoms with Crippen molar-refractivity contribution >= 4 is 22.6 Å². The van der Waals surface area contributed by atoms with Crippen LogP contribution in [0.3, 0.4) is 0 Å². The van der Waals surface area contributed by atoms with E-state index in [0.717, 1.165) is 30.5 Å². The van der Waals surface area contributed by atoms with E-state index in [1.165, 1.54) is 12.7 Å². The van der Waals surface area contributed by atoms with Gasteiger partial charge in [0, 0.05) is 12.8 Å². The molecule has 0 aromatic carbocycles. The second-order valence-corrected chi connectivity index (χ2v) is 5.46. The molecule has 20 heavy (non-hydrogen) atoms. The molecule has 1 saturated heterocycles. The van der Waals surface area contributed by atoms with Gasteiger partial charge < -0.3 is 14.0 Å². The van der Waals surface area contributed by atoms with Crippen LogP contribution in [0.2, 0.25) is 5.15 Å². The third-order valence-electron chi connectivity index (χ3n) is 3.60. The van der Waals surface area contributed by atoms with Crippen LogP contribution in [0.4, 0.5) is 0 Å². The molecule has 0 radical (unpaired) electrons. The molecule has 3 rings (SSSR count). The highest BCUT2D eigenvalue weighted by Gasteiger charge is 2.17. The number of aromatic nitrogens is 3. The van der Waals surface area contributed by atoms with Crippen molar-refractivity contribution in [2.24, 2.45) is 0 Å². The van der Waals surface area contributed by atoms with E-state index in [1.54, 1.807) is 0 Å². The van der Waals surface area contributed by atoms with Crippen LogP contribution in [0.15, 0.2) is 18.6 Å². The largest absolute Gasteiger partial charge is 0.353 e. The Morgan fingerprint density at radius 1 is 1.50 bits per heavy atom. The van der Waals surface area contributed by atoms with Gasteiger partial charge in [0.25, 0.3) is 0 Å². The lowest BCUT2D eigenvalue weighted by atomic mass is 10.2. The minimum atomic E-state index is -0.0637. The Labute approximate surface area is 122 Å². The molecule has 5 nitrogen and oxygen atoms in total. The van der Waals surface area contributed by atoms with Crippen LogP contribution in [0.5, 0.6) is 0 Å². The predicted molar refractivity (Wildman–Crippen MR) is 76.8 cm³/mol. The summed E-state index contributed by atoms with van der Waals surface area (Å²) >= 11 is 6.06. The summed E-state index contributed by atoms with van der Waals surface area (Å²) in [5.74, 6) is 0. The van der Waals surface area contributed by atoms with E-state index in [-0.39, 0.29) is 12.3 Å². The van der Waals surface area contributed by atoms with Gasteiger partial charge >= 0.3 is 0 Å². The Morgan fingerprint density at radius 3 is 3.20 bits per heavy atom. The molecule has 3 heterocycles. The molecule has 2 aromatic rings. The van der Waals surface area contributed by atoms with Crippen molar-refractivity contribution in [2.75, 3.05) is 13.2 Å². The van der Waals surface area contributed by atoms with Crippen LogP contribution < -0.4 is 0 Å². The first-order valence-corrected chi connectivity index (χ1v) is 7.34. The van der Waals surface area contributed by atoms with Gasteiger partial charge in [-0.25, -0.2) is 9.97 Å². The average molecular weight is 296 g/mol. The van der Waals surface area contributed by atoms with Crippen LogP contribution in [-0.4, -0.2) is 34.0 Å². The number of ether oxygens (including phenoxy) is 2. The van der Waals surface area contributed by atoms with E-state index >= 15 is 0 Å². The van der Waals surface area contributed by atoms with E-state index in [9.17, 15) is 0 Å². The van der Waals surface area contributed by atoms with Crippen molar-refractivity contribution < 1.29 is 9.47 Å². The second kappa shape index (κ2) is 6.08. The van der Waals surface area contributed by atoms with Gasteiger partial charge in [-0.2, -0.15) is 0 Å². The molecule has 6 heteroatoms. The van der Waals surface area contributed by atoms with Gasteiger partial charge in [-0.05, 0) is 32.3 Å². The smallest absolute Gasteiger partial charge is 0.157 e. The number of hydrogen-bond acceptors (Lipinski definition) is 4. The summed E-state index contributed by atoms with van der Waals surface area (Å²) in [6.45, 7) is 3.49. The third kappa shape index (κ3) is 2.80. The zero-order chi connectivity index (χ0) is 13.9.